The Kier molecular flexibility index (Phi) is 5.44. The maximum atomic E-state index is 5.70. The minimum absolute atomic E-state index is 0.600. The molecule has 0 saturated carbocycles. The predicted molar refractivity (Wildman–Crippen MR) is 101 cm³/mol. The van der Waals surface area contributed by atoms with Crippen molar-refractivity contribution in [2.45, 2.75) is 13.8 Å². The number of fused-ring (bicyclic) bond motifs is 2. The zero-order chi connectivity index (χ0) is 16.8. The molecule has 0 aliphatic carbocycles. The number of benzene rings is 2. The lowest BCUT2D eigenvalue weighted by atomic mass is 10.1. The molecule has 0 unspecified atom stereocenters. The summed E-state index contributed by atoms with van der Waals surface area (Å²) < 4.78 is 0. The molecule has 24 heavy (non-hydrogen) atoms. The molecule has 0 fully saturated rings. The summed E-state index contributed by atoms with van der Waals surface area (Å²) in [5.74, 6) is 0. The van der Waals surface area contributed by atoms with E-state index in [9.17, 15) is 0 Å². The van der Waals surface area contributed by atoms with Gasteiger partial charge in [0.05, 0.1) is 0 Å². The normalized spacial score (nSPS) is 11.1. The van der Waals surface area contributed by atoms with Gasteiger partial charge in [0, 0.05) is 17.3 Å². The molecule has 0 heterocycles. The SMILES string of the molecule is CCN(CC)CCON=c1c2ccccc2ccc2ccccc12. The molecular formula is C21H24N2O. The third-order valence-electron chi connectivity index (χ3n) is 4.42. The van der Waals surface area contributed by atoms with Crippen LogP contribution in [0, 0.1) is 0 Å². The quantitative estimate of drug-likeness (QED) is 0.503. The van der Waals surface area contributed by atoms with Crippen LogP contribution in [0.3, 0.4) is 0 Å². The first-order chi connectivity index (χ1) is 11.8. The Bertz CT molecular complexity index is 824. The number of likely N-dealkylation sites (N-methyl/N-ethyl adjacent to an activating group) is 1. The molecule has 0 radical (unpaired) electrons. The molecule has 0 amide bonds. The average Bonchev–Trinajstić information content (AvgIpc) is 2.79. The van der Waals surface area contributed by atoms with Crippen LogP contribution in [0.5, 0.6) is 0 Å². The maximum Gasteiger partial charge on any atom is 0.129 e. The molecule has 0 aliphatic heterocycles. The lowest BCUT2D eigenvalue weighted by Crippen LogP contribution is -2.26. The molecule has 0 atom stereocenters. The second kappa shape index (κ2) is 7.93. The van der Waals surface area contributed by atoms with Crippen molar-refractivity contribution in [1.82, 2.24) is 4.90 Å². The van der Waals surface area contributed by atoms with Crippen molar-refractivity contribution in [3.05, 3.63) is 66.0 Å². The van der Waals surface area contributed by atoms with Gasteiger partial charge in [-0.2, -0.15) is 0 Å². The largest absolute Gasteiger partial charge is 0.394 e. The molecule has 0 N–H and O–H groups in total. The highest BCUT2D eigenvalue weighted by Crippen LogP contribution is 2.15. The summed E-state index contributed by atoms with van der Waals surface area (Å²) >= 11 is 0. The van der Waals surface area contributed by atoms with Gasteiger partial charge in [-0.15, -0.1) is 0 Å². The van der Waals surface area contributed by atoms with E-state index in [2.05, 4.69) is 72.4 Å². The van der Waals surface area contributed by atoms with Gasteiger partial charge in [0.1, 0.15) is 12.0 Å². The summed E-state index contributed by atoms with van der Waals surface area (Å²) in [5, 5.41) is 9.98. The molecule has 3 rings (SSSR count). The summed E-state index contributed by atoms with van der Waals surface area (Å²) in [4.78, 5) is 8.03. The standard InChI is InChI=1S/C21H24N2O/c1-3-23(4-2)15-16-24-22-21-19-11-7-5-9-17(19)13-14-18-10-6-8-12-20(18)21/h5-14H,3-4,15-16H2,1-2H3. The molecule has 3 heteroatoms. The van der Waals surface area contributed by atoms with E-state index in [0.29, 0.717) is 6.61 Å². The van der Waals surface area contributed by atoms with Crippen LogP contribution >= 0.6 is 0 Å². The Morgan fingerprint density at radius 2 is 1.33 bits per heavy atom. The molecule has 3 aromatic carbocycles. The fourth-order valence-electron chi connectivity index (χ4n) is 2.96. The van der Waals surface area contributed by atoms with Crippen LogP contribution in [0.25, 0.3) is 21.5 Å². The van der Waals surface area contributed by atoms with Gasteiger partial charge in [-0.05, 0) is 23.9 Å². The lowest BCUT2D eigenvalue weighted by molar-refractivity contribution is 0.107. The van der Waals surface area contributed by atoms with E-state index in [0.717, 1.165) is 35.8 Å². The third-order valence-corrected chi connectivity index (χ3v) is 4.42. The molecule has 0 bridgehead atoms. The van der Waals surface area contributed by atoms with E-state index in [-0.39, 0.29) is 0 Å². The molecule has 0 saturated heterocycles. The van der Waals surface area contributed by atoms with Crippen LogP contribution in [0.4, 0.5) is 0 Å². The number of nitrogens with zero attached hydrogens (tertiary/aromatic N) is 2. The van der Waals surface area contributed by atoms with Crippen molar-refractivity contribution in [2.24, 2.45) is 5.16 Å². The van der Waals surface area contributed by atoms with Gasteiger partial charge in [0.25, 0.3) is 0 Å². The van der Waals surface area contributed by atoms with Crippen LogP contribution in [-0.2, 0) is 4.84 Å². The van der Waals surface area contributed by atoms with Gasteiger partial charge >= 0.3 is 0 Å². The van der Waals surface area contributed by atoms with E-state index in [1.807, 2.05) is 12.1 Å². The second-order valence-corrected chi connectivity index (χ2v) is 5.81. The summed E-state index contributed by atoms with van der Waals surface area (Å²) in [5.41, 5.74) is 0. The Morgan fingerprint density at radius 1 is 0.792 bits per heavy atom. The van der Waals surface area contributed by atoms with Crippen LogP contribution < -0.4 is 5.36 Å². The Morgan fingerprint density at radius 3 is 1.88 bits per heavy atom. The monoisotopic (exact) mass is 320 g/mol. The van der Waals surface area contributed by atoms with Crippen molar-refractivity contribution in [3.63, 3.8) is 0 Å². The van der Waals surface area contributed by atoms with E-state index in [1.165, 1.54) is 10.8 Å². The van der Waals surface area contributed by atoms with Gasteiger partial charge in [-0.3, -0.25) is 0 Å². The smallest absolute Gasteiger partial charge is 0.129 e. The molecule has 0 spiro atoms. The second-order valence-electron chi connectivity index (χ2n) is 5.81. The topological polar surface area (TPSA) is 24.8 Å². The summed E-state index contributed by atoms with van der Waals surface area (Å²) in [7, 11) is 0. The van der Waals surface area contributed by atoms with E-state index in [1.54, 1.807) is 0 Å². The van der Waals surface area contributed by atoms with Gasteiger partial charge in [-0.25, -0.2) is 0 Å². The van der Waals surface area contributed by atoms with Crippen molar-refractivity contribution < 1.29 is 4.84 Å². The Labute approximate surface area is 143 Å². The number of hydrogen-bond acceptors (Lipinski definition) is 3. The van der Waals surface area contributed by atoms with Crippen LogP contribution in [-0.4, -0.2) is 31.1 Å². The fourth-order valence-corrected chi connectivity index (χ4v) is 2.96. The van der Waals surface area contributed by atoms with Gasteiger partial charge < -0.3 is 9.74 Å². The van der Waals surface area contributed by atoms with Crippen molar-refractivity contribution in [3.8, 4) is 0 Å². The van der Waals surface area contributed by atoms with E-state index < -0.39 is 0 Å². The predicted octanol–water partition coefficient (Wildman–Crippen LogP) is 4.17. The van der Waals surface area contributed by atoms with Crippen molar-refractivity contribution in [2.75, 3.05) is 26.2 Å². The van der Waals surface area contributed by atoms with Crippen molar-refractivity contribution >= 4 is 21.5 Å². The Balaban J connectivity index is 2.05. The zero-order valence-corrected chi connectivity index (χ0v) is 14.4. The highest BCUT2D eigenvalue weighted by molar-refractivity contribution is 5.92. The van der Waals surface area contributed by atoms with Gasteiger partial charge in [0.2, 0.25) is 0 Å². The third kappa shape index (κ3) is 3.57. The van der Waals surface area contributed by atoms with Crippen LogP contribution in [0.15, 0.2) is 65.8 Å². The van der Waals surface area contributed by atoms with Gasteiger partial charge in [0.15, 0.2) is 0 Å². The summed E-state index contributed by atoms with van der Waals surface area (Å²) in [6, 6.07) is 20.9. The van der Waals surface area contributed by atoms with Crippen molar-refractivity contribution in [1.29, 1.82) is 0 Å². The molecule has 3 nitrogen and oxygen atoms in total. The molecule has 0 aliphatic rings. The first kappa shape index (κ1) is 16.5. The highest BCUT2D eigenvalue weighted by Gasteiger charge is 2.02. The highest BCUT2D eigenvalue weighted by atomic mass is 16.6. The first-order valence-corrected chi connectivity index (χ1v) is 8.62. The molecule has 0 aromatic heterocycles. The fraction of sp³-hybridized carbons (Fsp3) is 0.286. The average molecular weight is 320 g/mol. The van der Waals surface area contributed by atoms with Crippen LogP contribution in [0.1, 0.15) is 13.8 Å². The Hall–Kier alpha value is -2.39. The van der Waals surface area contributed by atoms with Crippen LogP contribution in [0.2, 0.25) is 0 Å². The van der Waals surface area contributed by atoms with E-state index >= 15 is 0 Å². The summed E-state index contributed by atoms with van der Waals surface area (Å²) in [6.07, 6.45) is 0. The molecular weight excluding hydrogens is 296 g/mol. The number of hydrogen-bond donors (Lipinski definition) is 0. The van der Waals surface area contributed by atoms with E-state index in [4.69, 9.17) is 4.84 Å². The lowest BCUT2D eigenvalue weighted by Gasteiger charge is -2.16. The minimum Gasteiger partial charge on any atom is -0.394 e. The summed E-state index contributed by atoms with van der Waals surface area (Å²) in [6.45, 7) is 7.89. The minimum atomic E-state index is 0.600. The molecule has 3 aromatic rings. The zero-order valence-electron chi connectivity index (χ0n) is 14.4. The van der Waals surface area contributed by atoms with Gasteiger partial charge in [-0.1, -0.05) is 79.7 Å². The molecule has 124 valence electrons. The number of rotatable bonds is 6. The maximum absolute atomic E-state index is 5.70. The first-order valence-electron chi connectivity index (χ1n) is 8.62.